The Bertz CT molecular complexity index is 935. The average Bonchev–Trinajstić information content (AvgIpc) is 3.11. The van der Waals surface area contributed by atoms with Crippen LogP contribution in [0.1, 0.15) is 30.5 Å². The van der Waals surface area contributed by atoms with Gasteiger partial charge in [0.2, 0.25) is 0 Å². The summed E-state index contributed by atoms with van der Waals surface area (Å²) in [6.07, 6.45) is 3.02. The molecule has 5 nitrogen and oxygen atoms in total. The van der Waals surface area contributed by atoms with Crippen LogP contribution in [-0.2, 0) is 6.42 Å². The minimum absolute atomic E-state index is 0.330. The molecule has 1 aromatic heterocycles. The van der Waals surface area contributed by atoms with Gasteiger partial charge < -0.3 is 0 Å². The number of alkyl halides is 1. The Hall–Kier alpha value is -2.09. The van der Waals surface area contributed by atoms with E-state index in [0.29, 0.717) is 9.96 Å². The van der Waals surface area contributed by atoms with E-state index in [4.69, 9.17) is 4.98 Å². The van der Waals surface area contributed by atoms with Gasteiger partial charge in [0.25, 0.3) is 0 Å². The number of amides is 1. The first-order chi connectivity index (χ1) is 14.5. The Balaban J connectivity index is 1.39. The van der Waals surface area contributed by atoms with Crippen LogP contribution in [0.4, 0.5) is 16.3 Å². The van der Waals surface area contributed by atoms with E-state index in [0.717, 1.165) is 59.8 Å². The van der Waals surface area contributed by atoms with Crippen LogP contribution >= 0.6 is 0 Å². The quantitative estimate of drug-likeness (QED) is 0.259. The topological polar surface area (TPSA) is 39.7 Å². The number of carbonyl (C=O) groups excluding carboxylic acids is 1. The number of piperazine rings is 1. The van der Waals surface area contributed by atoms with Gasteiger partial charge in [-0.15, -0.1) is 0 Å². The summed E-state index contributed by atoms with van der Waals surface area (Å²) >= 11 is -0.336. The summed E-state index contributed by atoms with van der Waals surface area (Å²) in [5, 5.41) is 0. The summed E-state index contributed by atoms with van der Waals surface area (Å²) in [6.45, 7) is 14.6. The summed E-state index contributed by atoms with van der Waals surface area (Å²) in [7, 11) is 0. The van der Waals surface area contributed by atoms with Crippen molar-refractivity contribution in [2.24, 2.45) is 0 Å². The standard InChI is InChI=1S/C24H30IN4O/c1-5-20-14-17(2)23(26-16-20)28-12-10-27(11-13-28)19(4)21-6-8-22(9-7-21)29-18(3)15-25-24(29)30/h6-9,14,16,18H,4-5,10-13,15H2,1-3H3/q-1. The molecule has 0 radical (unpaired) electrons. The van der Waals surface area contributed by atoms with Gasteiger partial charge in [-0.05, 0) is 24.5 Å². The summed E-state index contributed by atoms with van der Waals surface area (Å²) in [5.41, 5.74) is 5.75. The number of aryl methyl sites for hydroxylation is 2. The maximum absolute atomic E-state index is 12.2. The number of pyridine rings is 1. The molecule has 0 spiro atoms. The van der Waals surface area contributed by atoms with Crippen molar-refractivity contribution < 1.29 is 26.0 Å². The average molecular weight is 517 g/mol. The first-order valence-corrected chi connectivity index (χ1v) is 13.3. The molecule has 1 amide bonds. The molecular formula is C24H30IN4O-. The Kier molecular flexibility index (Phi) is 6.32. The Labute approximate surface area is 190 Å². The molecule has 2 saturated heterocycles. The van der Waals surface area contributed by atoms with Crippen LogP contribution in [0.25, 0.3) is 5.70 Å². The van der Waals surface area contributed by atoms with Crippen LogP contribution in [0.3, 0.4) is 0 Å². The third-order valence-corrected chi connectivity index (χ3v) is 8.89. The van der Waals surface area contributed by atoms with Crippen LogP contribution < -0.4 is 31.0 Å². The fourth-order valence-electron chi connectivity index (χ4n) is 4.18. The second-order valence-electron chi connectivity index (χ2n) is 8.07. The zero-order valence-electron chi connectivity index (χ0n) is 18.1. The van der Waals surface area contributed by atoms with Gasteiger partial charge in [-0.3, -0.25) is 0 Å². The van der Waals surface area contributed by atoms with Crippen molar-refractivity contribution in [2.45, 2.75) is 33.2 Å². The monoisotopic (exact) mass is 517 g/mol. The third kappa shape index (κ3) is 4.19. The molecule has 4 rings (SSSR count). The molecule has 1 aromatic carbocycles. The third-order valence-electron chi connectivity index (χ3n) is 6.00. The van der Waals surface area contributed by atoms with Crippen LogP contribution in [0.15, 0.2) is 43.1 Å². The number of halogens is 1. The summed E-state index contributed by atoms with van der Waals surface area (Å²) in [6, 6.07) is 10.9. The summed E-state index contributed by atoms with van der Waals surface area (Å²) in [4.78, 5) is 23.6. The number of hydrogen-bond donors (Lipinski definition) is 0. The van der Waals surface area contributed by atoms with Gasteiger partial charge in [0, 0.05) is 6.20 Å². The van der Waals surface area contributed by atoms with Gasteiger partial charge in [0.15, 0.2) is 0 Å². The first-order valence-electron chi connectivity index (χ1n) is 10.6. The summed E-state index contributed by atoms with van der Waals surface area (Å²) in [5.74, 6) is 1.11. The number of aromatic nitrogens is 1. The van der Waals surface area contributed by atoms with Crippen LogP contribution in [0, 0.1) is 6.92 Å². The Morgan fingerprint density at radius 1 is 1.20 bits per heavy atom. The number of hydrogen-bond acceptors (Lipinski definition) is 4. The molecule has 0 N–H and O–H groups in total. The predicted octanol–water partition coefficient (Wildman–Crippen LogP) is 1.16. The Morgan fingerprint density at radius 3 is 2.47 bits per heavy atom. The van der Waals surface area contributed by atoms with Crippen LogP contribution in [-0.4, -0.2) is 50.4 Å². The van der Waals surface area contributed by atoms with E-state index in [1.165, 1.54) is 11.1 Å². The molecule has 160 valence electrons. The first kappa shape index (κ1) is 21.2. The number of anilines is 2. The van der Waals surface area contributed by atoms with Crippen molar-refractivity contribution in [3.63, 3.8) is 0 Å². The van der Waals surface area contributed by atoms with Crippen molar-refractivity contribution in [3.8, 4) is 0 Å². The molecular weight excluding hydrogens is 487 g/mol. The fourth-order valence-corrected chi connectivity index (χ4v) is 6.71. The van der Waals surface area contributed by atoms with Crippen molar-refractivity contribution in [1.82, 2.24) is 9.88 Å². The summed E-state index contributed by atoms with van der Waals surface area (Å²) < 4.78 is 1.38. The molecule has 3 heterocycles. The number of carbonyl (C=O) groups is 1. The van der Waals surface area contributed by atoms with E-state index >= 15 is 0 Å². The van der Waals surface area contributed by atoms with E-state index in [9.17, 15) is 4.79 Å². The van der Waals surface area contributed by atoms with Gasteiger partial charge in [-0.25, -0.2) is 4.98 Å². The van der Waals surface area contributed by atoms with E-state index in [1.54, 1.807) is 0 Å². The zero-order chi connectivity index (χ0) is 21.3. The van der Waals surface area contributed by atoms with Crippen LogP contribution in [0.2, 0.25) is 0 Å². The predicted molar refractivity (Wildman–Crippen MR) is 120 cm³/mol. The van der Waals surface area contributed by atoms with Crippen molar-refractivity contribution in [1.29, 1.82) is 0 Å². The van der Waals surface area contributed by atoms with E-state index in [1.807, 2.05) is 11.1 Å². The molecule has 0 aliphatic carbocycles. The van der Waals surface area contributed by atoms with Gasteiger partial charge in [0.1, 0.15) is 0 Å². The number of benzene rings is 1. The Morgan fingerprint density at radius 2 is 1.90 bits per heavy atom. The van der Waals surface area contributed by atoms with E-state index in [-0.39, 0.29) is 21.2 Å². The molecule has 0 bridgehead atoms. The normalized spacial score (nSPS) is 19.8. The second-order valence-corrected chi connectivity index (χ2v) is 10.6. The molecule has 2 aromatic rings. The molecule has 2 aliphatic heterocycles. The molecule has 2 fully saturated rings. The van der Waals surface area contributed by atoms with Gasteiger partial charge >= 0.3 is 142 Å². The van der Waals surface area contributed by atoms with Gasteiger partial charge in [-0.1, -0.05) is 13.0 Å². The van der Waals surface area contributed by atoms with E-state index in [2.05, 4.69) is 67.5 Å². The molecule has 1 unspecified atom stereocenters. The maximum atomic E-state index is 12.2. The number of nitrogens with zero attached hydrogens (tertiary/aromatic N) is 4. The molecule has 6 heteroatoms. The van der Waals surface area contributed by atoms with E-state index < -0.39 is 0 Å². The van der Waals surface area contributed by atoms with Crippen LogP contribution in [0.5, 0.6) is 0 Å². The fraction of sp³-hybridized carbons (Fsp3) is 0.417. The molecule has 1 atom stereocenters. The number of rotatable bonds is 5. The van der Waals surface area contributed by atoms with Gasteiger partial charge in [-0.2, -0.15) is 0 Å². The van der Waals surface area contributed by atoms with Crippen molar-refractivity contribution in [2.75, 3.05) is 40.4 Å². The minimum atomic E-state index is -0.336. The second kappa shape index (κ2) is 8.96. The SMILES string of the molecule is C=C(c1ccc(N2C(=O)[I-]CC2C)cc1)N1CCN(c2ncc(CC)cc2C)CC1. The van der Waals surface area contributed by atoms with Crippen molar-refractivity contribution in [3.05, 3.63) is 59.8 Å². The molecule has 2 aliphatic rings. The zero-order valence-corrected chi connectivity index (χ0v) is 20.2. The van der Waals surface area contributed by atoms with Crippen molar-refractivity contribution >= 4 is 21.1 Å². The molecule has 0 saturated carbocycles. The molecule has 30 heavy (non-hydrogen) atoms. The van der Waals surface area contributed by atoms with Gasteiger partial charge in [0.05, 0.1) is 0 Å².